The van der Waals surface area contributed by atoms with Crippen molar-refractivity contribution < 1.29 is 14.3 Å². The minimum atomic E-state index is -0.208. The number of carbonyl (C=O) groups excluding carboxylic acids is 1. The van der Waals surface area contributed by atoms with Crippen LogP contribution in [0.4, 0.5) is 5.69 Å². The van der Waals surface area contributed by atoms with Gasteiger partial charge in [0.2, 0.25) is 0 Å². The SMILES string of the molecule is CC[C@]12C=CCN3CCC4(C(=C(C(=O)OC)C1)Nc1ccc(OC)cc14)[C@@H]32. The molecule has 142 valence electrons. The molecule has 4 aliphatic rings. The fraction of sp³-hybridized carbons (Fsp3) is 0.500. The summed E-state index contributed by atoms with van der Waals surface area (Å²) in [7, 11) is 3.19. The van der Waals surface area contributed by atoms with Crippen LogP contribution in [0.5, 0.6) is 5.75 Å². The number of ether oxygens (including phenoxy) is 2. The summed E-state index contributed by atoms with van der Waals surface area (Å²) in [5, 5.41) is 3.62. The Balaban J connectivity index is 1.82. The van der Waals surface area contributed by atoms with Crippen LogP contribution in [0, 0.1) is 5.41 Å². The molecule has 1 spiro atoms. The minimum absolute atomic E-state index is 0.0475. The van der Waals surface area contributed by atoms with Gasteiger partial charge in [-0.15, -0.1) is 0 Å². The molecule has 5 heteroatoms. The van der Waals surface area contributed by atoms with E-state index in [-0.39, 0.29) is 16.8 Å². The van der Waals surface area contributed by atoms with Crippen LogP contribution in [-0.4, -0.2) is 44.2 Å². The second-order valence-electron chi connectivity index (χ2n) is 8.17. The molecule has 1 unspecified atom stereocenters. The van der Waals surface area contributed by atoms with Gasteiger partial charge in [0.05, 0.1) is 25.2 Å². The van der Waals surface area contributed by atoms with Crippen molar-refractivity contribution in [3.8, 4) is 5.75 Å². The van der Waals surface area contributed by atoms with E-state index in [1.165, 1.54) is 12.7 Å². The Bertz CT molecular complexity index is 890. The molecule has 1 aromatic carbocycles. The van der Waals surface area contributed by atoms with Crippen LogP contribution >= 0.6 is 0 Å². The molecule has 0 bridgehead atoms. The van der Waals surface area contributed by atoms with Crippen molar-refractivity contribution in [1.82, 2.24) is 4.90 Å². The number of nitrogens with one attached hydrogen (secondary N) is 1. The fourth-order valence-corrected chi connectivity index (χ4v) is 6.17. The molecular formula is C22H26N2O3. The zero-order valence-electron chi connectivity index (χ0n) is 16.2. The third-order valence-corrected chi connectivity index (χ3v) is 7.27. The van der Waals surface area contributed by atoms with E-state index >= 15 is 0 Å². The Kier molecular flexibility index (Phi) is 3.51. The highest BCUT2D eigenvalue weighted by molar-refractivity contribution is 5.93. The number of anilines is 1. The first-order valence-electron chi connectivity index (χ1n) is 9.79. The Morgan fingerprint density at radius 1 is 1.37 bits per heavy atom. The first-order chi connectivity index (χ1) is 13.1. The van der Waals surface area contributed by atoms with Gasteiger partial charge in [0.25, 0.3) is 0 Å². The van der Waals surface area contributed by atoms with E-state index in [0.29, 0.717) is 6.04 Å². The van der Waals surface area contributed by atoms with Gasteiger partial charge in [0.15, 0.2) is 0 Å². The quantitative estimate of drug-likeness (QED) is 0.657. The van der Waals surface area contributed by atoms with Crippen LogP contribution in [0.25, 0.3) is 0 Å². The van der Waals surface area contributed by atoms with Gasteiger partial charge in [-0.3, -0.25) is 4.90 Å². The average Bonchev–Trinajstić information content (AvgIpc) is 3.27. The maximum absolute atomic E-state index is 12.8. The zero-order chi connectivity index (χ0) is 18.8. The van der Waals surface area contributed by atoms with Gasteiger partial charge >= 0.3 is 5.97 Å². The van der Waals surface area contributed by atoms with E-state index in [1.807, 2.05) is 6.07 Å². The predicted octanol–water partition coefficient (Wildman–Crippen LogP) is 3.23. The van der Waals surface area contributed by atoms with Crippen LogP contribution in [0.1, 0.15) is 31.7 Å². The maximum Gasteiger partial charge on any atom is 0.335 e. The standard InChI is InChI=1S/C22H26N2O3/c1-4-21-8-5-10-24-11-9-22(20(21)24)16-12-14(26-2)6-7-17(16)23-18(22)15(13-21)19(25)27-3/h5-8,12,20,23H,4,9-11,13H2,1-3H3/t20-,21-,22?/m0/s1. The molecular weight excluding hydrogens is 340 g/mol. The molecule has 0 aromatic heterocycles. The number of benzene rings is 1. The molecule has 3 aliphatic heterocycles. The lowest BCUT2D eigenvalue weighted by Gasteiger charge is -2.53. The van der Waals surface area contributed by atoms with E-state index in [0.717, 1.165) is 55.1 Å². The fourth-order valence-electron chi connectivity index (χ4n) is 6.17. The third-order valence-electron chi connectivity index (χ3n) is 7.27. The van der Waals surface area contributed by atoms with Crippen LogP contribution in [0.2, 0.25) is 0 Å². The smallest absolute Gasteiger partial charge is 0.335 e. The Morgan fingerprint density at radius 3 is 2.96 bits per heavy atom. The van der Waals surface area contributed by atoms with Crippen molar-refractivity contribution in [3.63, 3.8) is 0 Å². The lowest BCUT2D eigenvalue weighted by Crippen LogP contribution is -2.58. The summed E-state index contributed by atoms with van der Waals surface area (Å²) in [6.45, 7) is 4.26. The largest absolute Gasteiger partial charge is 0.497 e. The molecule has 0 saturated carbocycles. The molecule has 3 heterocycles. The summed E-state index contributed by atoms with van der Waals surface area (Å²) in [5.41, 5.74) is 3.97. The highest BCUT2D eigenvalue weighted by atomic mass is 16.5. The van der Waals surface area contributed by atoms with E-state index in [1.54, 1.807) is 7.11 Å². The van der Waals surface area contributed by atoms with Crippen LogP contribution in [-0.2, 0) is 14.9 Å². The van der Waals surface area contributed by atoms with Crippen molar-refractivity contribution in [1.29, 1.82) is 0 Å². The van der Waals surface area contributed by atoms with E-state index in [2.05, 4.69) is 41.4 Å². The first-order valence-corrected chi connectivity index (χ1v) is 9.79. The topological polar surface area (TPSA) is 50.8 Å². The zero-order valence-corrected chi connectivity index (χ0v) is 16.2. The van der Waals surface area contributed by atoms with Crippen LogP contribution < -0.4 is 10.1 Å². The van der Waals surface area contributed by atoms with E-state index in [9.17, 15) is 4.79 Å². The number of fused-ring (bicyclic) bond motifs is 1. The lowest BCUT2D eigenvalue weighted by atomic mass is 9.55. The highest BCUT2D eigenvalue weighted by Gasteiger charge is 2.65. The third kappa shape index (κ3) is 1.95. The monoisotopic (exact) mass is 366 g/mol. The van der Waals surface area contributed by atoms with Crippen molar-refractivity contribution in [2.75, 3.05) is 32.6 Å². The first kappa shape index (κ1) is 16.9. The van der Waals surface area contributed by atoms with Gasteiger partial charge in [0.1, 0.15) is 5.75 Å². The Hall–Kier alpha value is -2.27. The summed E-state index contributed by atoms with van der Waals surface area (Å²) < 4.78 is 10.8. The number of carbonyl (C=O) groups is 1. The maximum atomic E-state index is 12.8. The molecule has 1 N–H and O–H groups in total. The number of methoxy groups -OCH3 is 2. The summed E-state index contributed by atoms with van der Waals surface area (Å²) in [6.07, 6.45) is 7.39. The summed E-state index contributed by atoms with van der Waals surface area (Å²) >= 11 is 0. The van der Waals surface area contributed by atoms with Crippen molar-refractivity contribution in [2.45, 2.75) is 37.6 Å². The number of hydrogen-bond donors (Lipinski definition) is 1. The molecule has 1 aliphatic carbocycles. The second kappa shape index (κ2) is 5.61. The number of rotatable bonds is 3. The molecule has 27 heavy (non-hydrogen) atoms. The van der Waals surface area contributed by atoms with Gasteiger partial charge in [-0.05, 0) is 43.0 Å². The molecule has 0 radical (unpaired) electrons. The van der Waals surface area contributed by atoms with Gasteiger partial charge in [-0.2, -0.15) is 0 Å². The van der Waals surface area contributed by atoms with Crippen molar-refractivity contribution in [2.24, 2.45) is 5.41 Å². The normalized spacial score (nSPS) is 33.2. The number of hydrogen-bond acceptors (Lipinski definition) is 5. The Labute approximate surface area is 160 Å². The lowest BCUT2D eigenvalue weighted by molar-refractivity contribution is -0.137. The van der Waals surface area contributed by atoms with Gasteiger partial charge < -0.3 is 14.8 Å². The van der Waals surface area contributed by atoms with Crippen LogP contribution in [0.3, 0.4) is 0 Å². The summed E-state index contributed by atoms with van der Waals surface area (Å²) in [5.74, 6) is 0.656. The molecule has 0 amide bonds. The summed E-state index contributed by atoms with van der Waals surface area (Å²) in [4.78, 5) is 15.4. The van der Waals surface area contributed by atoms with Crippen molar-refractivity contribution >= 4 is 11.7 Å². The molecule has 5 rings (SSSR count). The van der Waals surface area contributed by atoms with E-state index < -0.39 is 0 Å². The van der Waals surface area contributed by atoms with Crippen LogP contribution in [0.15, 0.2) is 41.6 Å². The van der Waals surface area contributed by atoms with Crippen molar-refractivity contribution in [3.05, 3.63) is 47.2 Å². The van der Waals surface area contributed by atoms with Gasteiger partial charge in [-0.25, -0.2) is 4.79 Å². The van der Waals surface area contributed by atoms with E-state index in [4.69, 9.17) is 9.47 Å². The molecule has 3 atom stereocenters. The molecule has 1 fully saturated rings. The second-order valence-corrected chi connectivity index (χ2v) is 8.17. The molecule has 1 aromatic rings. The highest BCUT2D eigenvalue weighted by Crippen LogP contribution is 2.64. The number of esters is 1. The minimum Gasteiger partial charge on any atom is -0.497 e. The molecule has 1 saturated heterocycles. The summed E-state index contributed by atoms with van der Waals surface area (Å²) in [6, 6.07) is 6.58. The van der Waals surface area contributed by atoms with Gasteiger partial charge in [-0.1, -0.05) is 19.1 Å². The number of nitrogens with zero attached hydrogens (tertiary/aromatic N) is 1. The van der Waals surface area contributed by atoms with Gasteiger partial charge in [0, 0.05) is 35.9 Å². The predicted molar refractivity (Wildman–Crippen MR) is 104 cm³/mol. The molecule has 5 nitrogen and oxygen atoms in total. The Morgan fingerprint density at radius 2 is 2.22 bits per heavy atom. The average molecular weight is 366 g/mol.